The quantitative estimate of drug-likeness (QED) is 0.410. The van der Waals surface area contributed by atoms with Gasteiger partial charge in [0.1, 0.15) is 5.75 Å². The molecule has 1 spiro atoms. The number of hydrogen-bond donors (Lipinski definition) is 2. The summed E-state index contributed by atoms with van der Waals surface area (Å²) >= 11 is 6.41. The highest BCUT2D eigenvalue weighted by Crippen LogP contribution is 2.46. The number of hydrogen-bond acceptors (Lipinski definition) is 7. The van der Waals surface area contributed by atoms with E-state index >= 15 is 0 Å². The zero-order chi connectivity index (χ0) is 31.2. The third-order valence-electron chi connectivity index (χ3n) is 10.9. The summed E-state index contributed by atoms with van der Waals surface area (Å²) in [5, 5.41) is 11.2. The van der Waals surface area contributed by atoms with Gasteiger partial charge in [0, 0.05) is 35.7 Å². The van der Waals surface area contributed by atoms with Gasteiger partial charge >= 0.3 is 0 Å². The van der Waals surface area contributed by atoms with Crippen LogP contribution in [-0.2, 0) is 26.6 Å². The van der Waals surface area contributed by atoms with Gasteiger partial charge in [-0.1, -0.05) is 29.8 Å². The van der Waals surface area contributed by atoms with Crippen LogP contribution in [0.3, 0.4) is 0 Å². The molecular formula is C35H43ClN2O6S. The summed E-state index contributed by atoms with van der Waals surface area (Å²) in [6, 6.07) is 11.4. The fourth-order valence-electron chi connectivity index (χ4n) is 8.26. The summed E-state index contributed by atoms with van der Waals surface area (Å²) < 4.78 is 42.0. The number of amides is 1. The highest BCUT2D eigenvalue weighted by Gasteiger charge is 2.44. The van der Waals surface area contributed by atoms with Gasteiger partial charge in [0.25, 0.3) is 5.91 Å². The van der Waals surface area contributed by atoms with E-state index in [0.717, 1.165) is 55.7 Å². The number of carbonyl (C=O) groups is 1. The first-order chi connectivity index (χ1) is 21.7. The molecule has 8 nitrogen and oxygen atoms in total. The van der Waals surface area contributed by atoms with Crippen LogP contribution in [-0.4, -0.2) is 63.2 Å². The molecule has 7 rings (SSSR count). The lowest BCUT2D eigenvalue weighted by Crippen LogP contribution is -2.49. The van der Waals surface area contributed by atoms with Crippen LogP contribution in [0.5, 0.6) is 5.75 Å². The van der Waals surface area contributed by atoms with Gasteiger partial charge in [-0.25, -0.2) is 13.1 Å². The van der Waals surface area contributed by atoms with Crippen LogP contribution in [0.25, 0.3) is 0 Å². The van der Waals surface area contributed by atoms with Crippen LogP contribution in [0.15, 0.2) is 48.6 Å². The molecule has 1 amide bonds. The van der Waals surface area contributed by atoms with Crippen LogP contribution in [0.2, 0.25) is 5.02 Å². The Morgan fingerprint density at radius 1 is 1.09 bits per heavy atom. The summed E-state index contributed by atoms with van der Waals surface area (Å²) in [6.45, 7) is 2.53. The van der Waals surface area contributed by atoms with Crippen LogP contribution >= 0.6 is 11.6 Å². The lowest BCUT2D eigenvalue weighted by molar-refractivity contribution is 0.0456. The van der Waals surface area contributed by atoms with E-state index in [4.69, 9.17) is 21.1 Å². The number of sulfonamides is 1. The average molecular weight is 655 g/mol. The number of benzene rings is 2. The Morgan fingerprint density at radius 2 is 1.98 bits per heavy atom. The van der Waals surface area contributed by atoms with Gasteiger partial charge in [-0.05, 0) is 118 Å². The number of nitrogens with one attached hydrogen (secondary N) is 1. The minimum absolute atomic E-state index is 0.119. The number of anilines is 1. The number of carbonyl (C=O) groups excluding carboxylic acids is 1. The summed E-state index contributed by atoms with van der Waals surface area (Å²) in [6.07, 6.45) is 10.8. The first-order valence-corrected chi connectivity index (χ1v) is 18.5. The second kappa shape index (κ2) is 12.5. The number of ether oxygens (including phenoxy) is 2. The first-order valence-electron chi connectivity index (χ1n) is 16.5. The van der Waals surface area contributed by atoms with Crippen molar-refractivity contribution in [1.82, 2.24) is 4.72 Å². The minimum atomic E-state index is -3.99. The number of fused-ring (bicyclic) bond motifs is 4. The fraction of sp³-hybridized carbons (Fsp3) is 0.571. The van der Waals surface area contributed by atoms with E-state index < -0.39 is 27.3 Å². The lowest BCUT2D eigenvalue weighted by Gasteiger charge is -2.45. The van der Waals surface area contributed by atoms with Crippen LogP contribution in [0.1, 0.15) is 79.3 Å². The second-order valence-electron chi connectivity index (χ2n) is 13.8. The highest BCUT2D eigenvalue weighted by molar-refractivity contribution is 7.90. The van der Waals surface area contributed by atoms with Gasteiger partial charge in [0.2, 0.25) is 10.0 Å². The Kier molecular flexibility index (Phi) is 8.65. The molecule has 2 aliphatic carbocycles. The number of halogens is 1. The molecule has 2 fully saturated rings. The summed E-state index contributed by atoms with van der Waals surface area (Å²) in [5.41, 5.74) is 3.31. The lowest BCUT2D eigenvalue weighted by atomic mass is 9.68. The third kappa shape index (κ3) is 6.25. The van der Waals surface area contributed by atoms with Gasteiger partial charge in [0.05, 0.1) is 29.8 Å². The maximum Gasteiger partial charge on any atom is 0.264 e. The molecule has 1 saturated heterocycles. The molecule has 3 heterocycles. The number of aliphatic hydroxyl groups is 1. The molecule has 1 saturated carbocycles. The van der Waals surface area contributed by atoms with Crippen molar-refractivity contribution >= 4 is 33.2 Å². The van der Waals surface area contributed by atoms with Crippen molar-refractivity contribution in [2.75, 3.05) is 31.2 Å². The van der Waals surface area contributed by atoms with Crippen molar-refractivity contribution in [1.29, 1.82) is 0 Å². The van der Waals surface area contributed by atoms with Crippen LogP contribution < -0.4 is 14.4 Å². The van der Waals surface area contributed by atoms with E-state index in [1.165, 1.54) is 11.1 Å². The molecule has 2 aromatic carbocycles. The molecule has 3 aliphatic heterocycles. The molecule has 6 atom stereocenters. The normalized spacial score (nSPS) is 33.6. The Bertz CT molecular complexity index is 1570. The molecule has 2 aromatic rings. The average Bonchev–Trinajstić information content (AvgIpc) is 3.46. The second-order valence-corrected chi connectivity index (χ2v) is 16.2. The molecule has 45 heavy (non-hydrogen) atoms. The SMILES string of the molecule is O=C1NS(=O)(=O)[C@H](C[C@H]2CCCO2)CC/C=C/[C@H](O)[C@@H]2CC[C@H]2CN2C[C@@]3(CCCc4cc(Cl)ccc43)COc3ccc1cc32. The maximum atomic E-state index is 13.6. The molecular weight excluding hydrogens is 612 g/mol. The van der Waals surface area contributed by atoms with E-state index in [-0.39, 0.29) is 28.9 Å². The Balaban J connectivity index is 1.26. The van der Waals surface area contributed by atoms with E-state index in [0.29, 0.717) is 51.3 Å². The Hall–Kier alpha value is -2.59. The van der Waals surface area contributed by atoms with Gasteiger partial charge in [-0.2, -0.15) is 0 Å². The van der Waals surface area contributed by atoms with Crippen molar-refractivity contribution in [3.8, 4) is 5.75 Å². The smallest absolute Gasteiger partial charge is 0.264 e. The van der Waals surface area contributed by atoms with Crippen molar-refractivity contribution in [2.45, 2.75) is 87.1 Å². The van der Waals surface area contributed by atoms with Crippen LogP contribution in [0.4, 0.5) is 5.69 Å². The molecule has 0 unspecified atom stereocenters. The molecule has 0 radical (unpaired) electrons. The third-order valence-corrected chi connectivity index (χ3v) is 12.9. The summed E-state index contributed by atoms with van der Waals surface area (Å²) in [5.74, 6) is 0.444. The largest absolute Gasteiger partial charge is 0.490 e. The zero-order valence-electron chi connectivity index (χ0n) is 25.6. The topological polar surface area (TPSA) is 105 Å². The summed E-state index contributed by atoms with van der Waals surface area (Å²) in [4.78, 5) is 15.9. The molecule has 2 N–H and O–H groups in total. The Labute approximate surface area is 271 Å². The number of nitrogens with zero attached hydrogens (tertiary/aromatic N) is 1. The number of aryl methyl sites for hydroxylation is 1. The molecule has 242 valence electrons. The van der Waals surface area contributed by atoms with Crippen molar-refractivity contribution in [2.24, 2.45) is 11.8 Å². The molecule has 5 aliphatic rings. The van der Waals surface area contributed by atoms with E-state index in [1.54, 1.807) is 18.2 Å². The van der Waals surface area contributed by atoms with Gasteiger partial charge in [0.15, 0.2) is 0 Å². The first kappa shape index (κ1) is 31.0. The predicted molar refractivity (Wildman–Crippen MR) is 175 cm³/mol. The van der Waals surface area contributed by atoms with Crippen molar-refractivity contribution in [3.63, 3.8) is 0 Å². The highest BCUT2D eigenvalue weighted by atomic mass is 35.5. The van der Waals surface area contributed by atoms with Crippen molar-refractivity contribution in [3.05, 3.63) is 70.3 Å². The fourth-order valence-corrected chi connectivity index (χ4v) is 9.92. The Morgan fingerprint density at radius 3 is 2.78 bits per heavy atom. The summed E-state index contributed by atoms with van der Waals surface area (Å²) in [7, 11) is -3.99. The number of rotatable bonds is 2. The van der Waals surface area contributed by atoms with Crippen LogP contribution in [0, 0.1) is 11.8 Å². The van der Waals surface area contributed by atoms with E-state index in [9.17, 15) is 18.3 Å². The monoisotopic (exact) mass is 654 g/mol. The van der Waals surface area contributed by atoms with Crippen molar-refractivity contribution < 1.29 is 27.8 Å². The minimum Gasteiger partial charge on any atom is -0.490 e. The van der Waals surface area contributed by atoms with E-state index in [2.05, 4.69) is 21.8 Å². The number of allylic oxidation sites excluding steroid dienone is 1. The molecule has 10 heteroatoms. The van der Waals surface area contributed by atoms with Gasteiger partial charge < -0.3 is 19.5 Å². The molecule has 2 bridgehead atoms. The molecule has 0 aromatic heterocycles. The van der Waals surface area contributed by atoms with Gasteiger partial charge in [-0.3, -0.25) is 4.79 Å². The predicted octanol–water partition coefficient (Wildman–Crippen LogP) is 5.55. The number of aliphatic hydroxyl groups excluding tert-OH is 1. The maximum absolute atomic E-state index is 13.6. The van der Waals surface area contributed by atoms with E-state index in [1.807, 2.05) is 18.2 Å². The van der Waals surface area contributed by atoms with Gasteiger partial charge in [-0.15, -0.1) is 0 Å². The standard InChI is InChI=1S/C35H43ClN2O6S/c36-26-11-13-30-23(17-26)5-3-15-35(30)21-38-20-25-9-12-29(25)32(39)8-2-1-7-28(19-27-6-4-16-43-27)45(41,42)37-34(40)24-10-14-33(44-22-35)31(38)18-24/h2,8,10-11,13-14,17-18,25,27-29,32,39H,1,3-7,9,12,15-16,19-22H2,(H,37,40)/b8-2+/t25-,27+,28-,29+,32-,35-/m0/s1. The zero-order valence-corrected chi connectivity index (χ0v) is 27.2.